The van der Waals surface area contributed by atoms with Crippen LogP contribution in [0, 0.1) is 13.8 Å². The molecule has 7 heteroatoms. The summed E-state index contributed by atoms with van der Waals surface area (Å²) in [7, 11) is -3.51. The Bertz CT molecular complexity index is 1200. The number of piperidine rings is 1. The zero-order valence-corrected chi connectivity index (χ0v) is 19.1. The Morgan fingerprint density at radius 3 is 2.25 bits per heavy atom. The molecule has 0 bridgehead atoms. The number of aromatic nitrogens is 1. The van der Waals surface area contributed by atoms with Gasteiger partial charge in [-0.1, -0.05) is 35.9 Å². The maximum Gasteiger partial charge on any atom is 0.257 e. The van der Waals surface area contributed by atoms with Gasteiger partial charge in [0.1, 0.15) is 0 Å². The van der Waals surface area contributed by atoms with Crippen LogP contribution in [0.4, 0.5) is 5.69 Å². The van der Waals surface area contributed by atoms with Gasteiger partial charge in [-0.25, -0.2) is 8.42 Å². The Morgan fingerprint density at radius 1 is 0.938 bits per heavy atom. The van der Waals surface area contributed by atoms with Crippen LogP contribution in [0.15, 0.2) is 71.6 Å². The van der Waals surface area contributed by atoms with Crippen molar-refractivity contribution < 1.29 is 13.2 Å². The number of aryl methyl sites for hydroxylation is 2. The topological polar surface area (TPSA) is 79.4 Å². The lowest BCUT2D eigenvalue weighted by Gasteiger charge is -2.31. The molecule has 0 unspecified atom stereocenters. The minimum absolute atomic E-state index is 0.0240. The SMILES string of the molecule is Cc1ccc(NC(=O)c2ccc(C)nc2C2CCN(S(=O)(=O)c3ccccc3)CC2)cc1. The molecule has 2 aromatic carbocycles. The maximum absolute atomic E-state index is 13.0. The third kappa shape index (κ3) is 4.74. The van der Waals surface area contributed by atoms with E-state index in [9.17, 15) is 13.2 Å². The fourth-order valence-electron chi connectivity index (χ4n) is 4.03. The van der Waals surface area contributed by atoms with Crippen molar-refractivity contribution in [3.8, 4) is 0 Å². The molecule has 0 aliphatic carbocycles. The molecule has 1 fully saturated rings. The molecule has 1 amide bonds. The molecule has 3 aromatic rings. The second-order valence-electron chi connectivity index (χ2n) is 8.20. The average Bonchev–Trinajstić information content (AvgIpc) is 2.81. The van der Waals surface area contributed by atoms with Crippen LogP contribution in [0.25, 0.3) is 0 Å². The summed E-state index contributed by atoms with van der Waals surface area (Å²) < 4.78 is 27.4. The van der Waals surface area contributed by atoms with E-state index in [1.54, 1.807) is 30.3 Å². The van der Waals surface area contributed by atoms with Gasteiger partial charge in [0, 0.05) is 30.4 Å². The number of sulfonamides is 1. The van der Waals surface area contributed by atoms with Crippen molar-refractivity contribution in [3.63, 3.8) is 0 Å². The van der Waals surface area contributed by atoms with Crippen LogP contribution >= 0.6 is 0 Å². The van der Waals surface area contributed by atoms with Crippen LogP contribution < -0.4 is 5.32 Å². The van der Waals surface area contributed by atoms with E-state index in [4.69, 9.17) is 4.98 Å². The fraction of sp³-hybridized carbons (Fsp3) is 0.280. The highest BCUT2D eigenvalue weighted by Gasteiger charge is 2.32. The van der Waals surface area contributed by atoms with Crippen LogP contribution in [0.5, 0.6) is 0 Å². The van der Waals surface area contributed by atoms with Crippen molar-refractivity contribution in [1.29, 1.82) is 0 Å². The Kier molecular flexibility index (Phi) is 6.39. The van der Waals surface area contributed by atoms with Crippen molar-refractivity contribution in [1.82, 2.24) is 9.29 Å². The Morgan fingerprint density at radius 2 is 1.59 bits per heavy atom. The lowest BCUT2D eigenvalue weighted by atomic mass is 9.90. The predicted molar refractivity (Wildman–Crippen MR) is 125 cm³/mol. The molecule has 4 rings (SSSR count). The third-order valence-corrected chi connectivity index (χ3v) is 7.75. The van der Waals surface area contributed by atoms with Gasteiger partial charge in [0.05, 0.1) is 16.2 Å². The number of nitrogens with one attached hydrogen (secondary N) is 1. The fourth-order valence-corrected chi connectivity index (χ4v) is 5.52. The summed E-state index contributed by atoms with van der Waals surface area (Å²) in [4.78, 5) is 18.0. The number of benzene rings is 2. The summed E-state index contributed by atoms with van der Waals surface area (Å²) in [5, 5.41) is 2.95. The summed E-state index contributed by atoms with van der Waals surface area (Å²) >= 11 is 0. The lowest BCUT2D eigenvalue weighted by molar-refractivity contribution is 0.102. The molecule has 6 nitrogen and oxygen atoms in total. The van der Waals surface area contributed by atoms with Gasteiger partial charge in [-0.3, -0.25) is 9.78 Å². The van der Waals surface area contributed by atoms with E-state index in [2.05, 4.69) is 5.32 Å². The molecule has 0 spiro atoms. The van der Waals surface area contributed by atoms with E-state index in [0.717, 1.165) is 22.6 Å². The van der Waals surface area contributed by atoms with E-state index in [-0.39, 0.29) is 11.8 Å². The molecule has 1 N–H and O–H groups in total. The Balaban J connectivity index is 1.51. The minimum atomic E-state index is -3.51. The quantitative estimate of drug-likeness (QED) is 0.621. The normalized spacial score (nSPS) is 15.4. The molecule has 1 aliphatic heterocycles. The number of hydrogen-bond acceptors (Lipinski definition) is 4. The summed E-state index contributed by atoms with van der Waals surface area (Å²) in [5.74, 6) is -0.174. The Labute approximate surface area is 189 Å². The van der Waals surface area contributed by atoms with Crippen LogP contribution in [-0.2, 0) is 10.0 Å². The highest BCUT2D eigenvalue weighted by atomic mass is 32.2. The zero-order chi connectivity index (χ0) is 22.7. The van der Waals surface area contributed by atoms with Crippen molar-refractivity contribution in [2.75, 3.05) is 18.4 Å². The van der Waals surface area contributed by atoms with Gasteiger partial charge in [0.2, 0.25) is 10.0 Å². The maximum atomic E-state index is 13.0. The van der Waals surface area contributed by atoms with Crippen LogP contribution in [0.1, 0.15) is 46.1 Å². The first-order valence-corrected chi connectivity index (χ1v) is 12.2. The van der Waals surface area contributed by atoms with Crippen molar-refractivity contribution in [2.24, 2.45) is 0 Å². The van der Waals surface area contributed by atoms with E-state index >= 15 is 0 Å². The third-order valence-electron chi connectivity index (χ3n) is 5.84. The molecule has 166 valence electrons. The largest absolute Gasteiger partial charge is 0.322 e. The van der Waals surface area contributed by atoms with Crippen molar-refractivity contribution in [3.05, 3.63) is 89.2 Å². The van der Waals surface area contributed by atoms with Gasteiger partial charge < -0.3 is 5.32 Å². The molecule has 0 atom stereocenters. The molecule has 1 saturated heterocycles. The molecular weight excluding hydrogens is 422 g/mol. The highest BCUT2D eigenvalue weighted by molar-refractivity contribution is 7.89. The van der Waals surface area contributed by atoms with Gasteiger partial charge in [0.25, 0.3) is 5.91 Å². The van der Waals surface area contributed by atoms with Gasteiger partial charge in [-0.2, -0.15) is 4.31 Å². The van der Waals surface area contributed by atoms with E-state index in [1.165, 1.54) is 4.31 Å². The number of amides is 1. The van der Waals surface area contributed by atoms with Gasteiger partial charge >= 0.3 is 0 Å². The second kappa shape index (κ2) is 9.22. The van der Waals surface area contributed by atoms with E-state index in [1.807, 2.05) is 50.2 Å². The molecule has 0 radical (unpaired) electrons. The van der Waals surface area contributed by atoms with E-state index in [0.29, 0.717) is 36.4 Å². The number of anilines is 1. The number of rotatable bonds is 5. The van der Waals surface area contributed by atoms with Crippen molar-refractivity contribution in [2.45, 2.75) is 37.5 Å². The van der Waals surface area contributed by atoms with Gasteiger partial charge in [-0.05, 0) is 63.1 Å². The van der Waals surface area contributed by atoms with Gasteiger partial charge in [-0.15, -0.1) is 0 Å². The van der Waals surface area contributed by atoms with Crippen LogP contribution in [-0.4, -0.2) is 36.7 Å². The lowest BCUT2D eigenvalue weighted by Crippen LogP contribution is -2.38. The zero-order valence-electron chi connectivity index (χ0n) is 18.3. The summed E-state index contributed by atoms with van der Waals surface area (Å²) in [6.07, 6.45) is 1.24. The first kappa shape index (κ1) is 22.2. The molecule has 32 heavy (non-hydrogen) atoms. The van der Waals surface area contributed by atoms with Crippen molar-refractivity contribution >= 4 is 21.6 Å². The summed E-state index contributed by atoms with van der Waals surface area (Å²) in [6, 6.07) is 19.8. The molecular formula is C25H27N3O3S. The summed E-state index contributed by atoms with van der Waals surface area (Å²) in [5.41, 5.74) is 3.98. The highest BCUT2D eigenvalue weighted by Crippen LogP contribution is 2.32. The van der Waals surface area contributed by atoms with E-state index < -0.39 is 10.0 Å². The number of pyridine rings is 1. The smallest absolute Gasteiger partial charge is 0.257 e. The molecule has 2 heterocycles. The number of carbonyl (C=O) groups is 1. The first-order valence-electron chi connectivity index (χ1n) is 10.8. The van der Waals surface area contributed by atoms with Crippen LogP contribution in [0.3, 0.4) is 0 Å². The monoisotopic (exact) mass is 449 g/mol. The number of carbonyl (C=O) groups excluding carboxylic acids is 1. The first-order chi connectivity index (χ1) is 15.3. The molecule has 1 aromatic heterocycles. The molecule has 1 aliphatic rings. The summed E-state index contributed by atoms with van der Waals surface area (Å²) in [6.45, 7) is 4.70. The average molecular weight is 450 g/mol. The van der Waals surface area contributed by atoms with Gasteiger partial charge in [0.15, 0.2) is 0 Å². The number of hydrogen-bond donors (Lipinski definition) is 1. The van der Waals surface area contributed by atoms with Crippen LogP contribution in [0.2, 0.25) is 0 Å². The Hall–Kier alpha value is -3.03. The number of nitrogens with zero attached hydrogens (tertiary/aromatic N) is 2. The second-order valence-corrected chi connectivity index (χ2v) is 10.1. The minimum Gasteiger partial charge on any atom is -0.322 e. The standard InChI is InChI=1S/C25H27N3O3S/c1-18-8-11-21(12-9-18)27-25(29)23-13-10-19(2)26-24(23)20-14-16-28(17-15-20)32(30,31)22-6-4-3-5-7-22/h3-13,20H,14-17H2,1-2H3,(H,27,29). The molecule has 0 saturated carbocycles. The predicted octanol–water partition coefficient (Wildman–Crippen LogP) is 4.52.